The van der Waals surface area contributed by atoms with Crippen LogP contribution in [-0.2, 0) is 11.3 Å². The van der Waals surface area contributed by atoms with Gasteiger partial charge in [0.25, 0.3) is 5.69 Å². The molecule has 0 heterocycles. The SMILES string of the molecule is O=C(CN(Cc1ccc(Cl)cc1)C1CC1)Nc1ccc([N+](=O)[O-])cc1Cl. The minimum absolute atomic E-state index is 0.115. The highest BCUT2D eigenvalue weighted by Gasteiger charge is 2.30. The van der Waals surface area contributed by atoms with Gasteiger partial charge in [-0.3, -0.25) is 19.8 Å². The van der Waals surface area contributed by atoms with E-state index in [2.05, 4.69) is 10.2 Å². The first kappa shape index (κ1) is 18.6. The van der Waals surface area contributed by atoms with E-state index in [-0.39, 0.29) is 23.2 Å². The summed E-state index contributed by atoms with van der Waals surface area (Å²) in [5.41, 5.74) is 1.34. The molecule has 3 rings (SSSR count). The predicted molar refractivity (Wildman–Crippen MR) is 102 cm³/mol. The molecule has 2 aromatic rings. The highest BCUT2D eigenvalue weighted by atomic mass is 35.5. The minimum Gasteiger partial charge on any atom is -0.324 e. The molecule has 0 atom stereocenters. The number of hydrogen-bond donors (Lipinski definition) is 1. The average Bonchev–Trinajstić information content (AvgIpc) is 3.43. The van der Waals surface area contributed by atoms with Crippen molar-refractivity contribution >= 4 is 40.5 Å². The Kier molecular flexibility index (Phi) is 5.76. The Morgan fingerprint density at radius 2 is 1.88 bits per heavy atom. The molecule has 0 saturated heterocycles. The highest BCUT2D eigenvalue weighted by Crippen LogP contribution is 2.29. The third-order valence-corrected chi connectivity index (χ3v) is 4.71. The van der Waals surface area contributed by atoms with Crippen molar-refractivity contribution in [2.24, 2.45) is 0 Å². The van der Waals surface area contributed by atoms with Gasteiger partial charge in [0.2, 0.25) is 5.91 Å². The molecule has 1 aliphatic carbocycles. The van der Waals surface area contributed by atoms with Crippen molar-refractivity contribution in [3.05, 3.63) is 68.2 Å². The number of nitro benzene ring substituents is 1. The molecule has 26 heavy (non-hydrogen) atoms. The highest BCUT2D eigenvalue weighted by molar-refractivity contribution is 6.34. The maximum absolute atomic E-state index is 12.4. The number of carbonyl (C=O) groups excluding carboxylic acids is 1. The van der Waals surface area contributed by atoms with Gasteiger partial charge in [-0.05, 0) is 36.6 Å². The summed E-state index contributed by atoms with van der Waals surface area (Å²) in [6.45, 7) is 0.879. The van der Waals surface area contributed by atoms with E-state index < -0.39 is 4.92 Å². The van der Waals surface area contributed by atoms with Gasteiger partial charge >= 0.3 is 0 Å². The zero-order chi connectivity index (χ0) is 18.7. The van der Waals surface area contributed by atoms with Gasteiger partial charge in [0.1, 0.15) is 0 Å². The number of hydrogen-bond acceptors (Lipinski definition) is 4. The summed E-state index contributed by atoms with van der Waals surface area (Å²) >= 11 is 11.9. The lowest BCUT2D eigenvalue weighted by Crippen LogP contribution is -2.34. The standard InChI is InChI=1S/C18H17Cl2N3O3/c19-13-3-1-12(2-4-13)10-22(14-5-6-14)11-18(24)21-17-8-7-15(23(25)26)9-16(17)20/h1-4,7-9,14H,5-6,10-11H2,(H,21,24). The minimum atomic E-state index is -0.529. The molecule has 8 heteroatoms. The van der Waals surface area contributed by atoms with E-state index >= 15 is 0 Å². The predicted octanol–water partition coefficient (Wildman–Crippen LogP) is 4.50. The van der Waals surface area contributed by atoms with Crippen molar-refractivity contribution in [2.75, 3.05) is 11.9 Å². The third kappa shape index (κ3) is 4.94. The van der Waals surface area contributed by atoms with Crippen molar-refractivity contribution in [2.45, 2.75) is 25.4 Å². The number of amides is 1. The number of nitrogens with zero attached hydrogens (tertiary/aromatic N) is 2. The Labute approximate surface area is 160 Å². The van der Waals surface area contributed by atoms with Crippen molar-refractivity contribution in [1.29, 1.82) is 0 Å². The topological polar surface area (TPSA) is 75.5 Å². The summed E-state index contributed by atoms with van der Waals surface area (Å²) in [4.78, 5) is 24.7. The van der Waals surface area contributed by atoms with Gasteiger partial charge in [-0.15, -0.1) is 0 Å². The second kappa shape index (κ2) is 8.03. The number of halogens is 2. The van der Waals surface area contributed by atoms with Crippen molar-refractivity contribution in [3.63, 3.8) is 0 Å². The van der Waals surface area contributed by atoms with Crippen LogP contribution in [0, 0.1) is 10.1 Å². The fourth-order valence-corrected chi connectivity index (χ4v) is 3.02. The normalized spacial score (nSPS) is 13.7. The zero-order valence-electron chi connectivity index (χ0n) is 13.8. The number of rotatable bonds is 7. The number of benzene rings is 2. The molecule has 6 nitrogen and oxygen atoms in total. The molecule has 0 bridgehead atoms. The zero-order valence-corrected chi connectivity index (χ0v) is 15.3. The first-order valence-electron chi connectivity index (χ1n) is 8.14. The lowest BCUT2D eigenvalue weighted by Gasteiger charge is -2.21. The van der Waals surface area contributed by atoms with Gasteiger partial charge in [-0.2, -0.15) is 0 Å². The third-order valence-electron chi connectivity index (χ3n) is 4.15. The Bertz CT molecular complexity index is 823. The van der Waals surface area contributed by atoms with Gasteiger partial charge in [-0.25, -0.2) is 0 Å². The molecule has 1 N–H and O–H groups in total. The van der Waals surface area contributed by atoms with Crippen molar-refractivity contribution < 1.29 is 9.72 Å². The molecular formula is C18H17Cl2N3O3. The molecule has 0 unspecified atom stereocenters. The van der Waals surface area contributed by atoms with Crippen LogP contribution in [0.25, 0.3) is 0 Å². The first-order valence-corrected chi connectivity index (χ1v) is 8.90. The average molecular weight is 394 g/mol. The summed E-state index contributed by atoms with van der Waals surface area (Å²) in [7, 11) is 0. The fourth-order valence-electron chi connectivity index (χ4n) is 2.67. The van der Waals surface area contributed by atoms with E-state index in [0.29, 0.717) is 23.3 Å². The van der Waals surface area contributed by atoms with E-state index in [4.69, 9.17) is 23.2 Å². The Hall–Kier alpha value is -2.15. The Morgan fingerprint density at radius 1 is 1.19 bits per heavy atom. The second-order valence-corrected chi connectivity index (χ2v) is 7.08. The molecule has 2 aromatic carbocycles. The van der Waals surface area contributed by atoms with Crippen LogP contribution in [0.15, 0.2) is 42.5 Å². The van der Waals surface area contributed by atoms with Crippen LogP contribution in [0.5, 0.6) is 0 Å². The number of nitrogens with one attached hydrogen (secondary N) is 1. The molecule has 0 aromatic heterocycles. The number of non-ortho nitro benzene ring substituents is 1. The van der Waals surface area contributed by atoms with Crippen LogP contribution in [-0.4, -0.2) is 28.3 Å². The summed E-state index contributed by atoms with van der Waals surface area (Å²) in [6, 6.07) is 11.9. The quantitative estimate of drug-likeness (QED) is 0.554. The maximum Gasteiger partial charge on any atom is 0.271 e. The first-order chi connectivity index (χ1) is 12.4. The van der Waals surface area contributed by atoms with Crippen LogP contribution in [0.3, 0.4) is 0 Å². The lowest BCUT2D eigenvalue weighted by atomic mass is 10.2. The Morgan fingerprint density at radius 3 is 2.46 bits per heavy atom. The van der Waals surface area contributed by atoms with Gasteiger partial charge in [-0.1, -0.05) is 35.3 Å². The second-order valence-electron chi connectivity index (χ2n) is 6.23. The van der Waals surface area contributed by atoms with E-state index in [1.807, 2.05) is 24.3 Å². The van der Waals surface area contributed by atoms with Crippen LogP contribution in [0.1, 0.15) is 18.4 Å². The summed E-state index contributed by atoms with van der Waals surface area (Å²) in [6.07, 6.45) is 2.14. The van der Waals surface area contributed by atoms with Gasteiger partial charge in [0.05, 0.1) is 22.2 Å². The number of carbonyl (C=O) groups is 1. The van der Waals surface area contributed by atoms with Gasteiger partial charge in [0.15, 0.2) is 0 Å². The molecule has 136 valence electrons. The van der Waals surface area contributed by atoms with Crippen LogP contribution in [0.2, 0.25) is 10.0 Å². The van der Waals surface area contributed by atoms with Crippen LogP contribution >= 0.6 is 23.2 Å². The maximum atomic E-state index is 12.4. The number of anilines is 1. The molecular weight excluding hydrogens is 377 g/mol. The lowest BCUT2D eigenvalue weighted by molar-refractivity contribution is -0.384. The van der Waals surface area contributed by atoms with E-state index in [1.165, 1.54) is 18.2 Å². The molecule has 1 amide bonds. The summed E-state index contributed by atoms with van der Waals surface area (Å²) in [5, 5.41) is 14.3. The number of nitro groups is 1. The smallest absolute Gasteiger partial charge is 0.271 e. The van der Waals surface area contributed by atoms with Crippen molar-refractivity contribution in [3.8, 4) is 0 Å². The van der Waals surface area contributed by atoms with E-state index in [9.17, 15) is 14.9 Å². The van der Waals surface area contributed by atoms with Gasteiger partial charge in [0, 0.05) is 29.7 Å². The summed E-state index contributed by atoms with van der Waals surface area (Å²) in [5.74, 6) is -0.207. The van der Waals surface area contributed by atoms with Crippen LogP contribution in [0.4, 0.5) is 11.4 Å². The molecule has 0 spiro atoms. The Balaban J connectivity index is 1.63. The monoisotopic (exact) mass is 393 g/mol. The summed E-state index contributed by atoms with van der Waals surface area (Å²) < 4.78 is 0. The molecule has 1 saturated carbocycles. The largest absolute Gasteiger partial charge is 0.324 e. The van der Waals surface area contributed by atoms with Crippen LogP contribution < -0.4 is 5.32 Å². The molecule has 0 aliphatic heterocycles. The van der Waals surface area contributed by atoms with Gasteiger partial charge < -0.3 is 5.32 Å². The molecule has 1 fully saturated rings. The van der Waals surface area contributed by atoms with E-state index in [0.717, 1.165) is 18.4 Å². The van der Waals surface area contributed by atoms with Crippen molar-refractivity contribution in [1.82, 2.24) is 4.90 Å². The fraction of sp³-hybridized carbons (Fsp3) is 0.278. The molecule has 0 radical (unpaired) electrons. The molecule has 1 aliphatic rings. The van der Waals surface area contributed by atoms with E-state index in [1.54, 1.807) is 0 Å².